The number of ether oxygens (including phenoxy) is 3. The van der Waals surface area contributed by atoms with E-state index in [0.29, 0.717) is 4.57 Å². The van der Waals surface area contributed by atoms with Gasteiger partial charge in [0.05, 0.1) is 19.8 Å². The van der Waals surface area contributed by atoms with Crippen molar-refractivity contribution in [1.29, 1.82) is 0 Å². The number of hydrogen-bond acceptors (Lipinski definition) is 23. The van der Waals surface area contributed by atoms with E-state index in [1.54, 1.807) is 0 Å². The van der Waals surface area contributed by atoms with Gasteiger partial charge in [-0.3, -0.25) is 31.8 Å². The van der Waals surface area contributed by atoms with Crippen molar-refractivity contribution in [3.8, 4) is 0 Å². The van der Waals surface area contributed by atoms with Crippen molar-refractivity contribution in [1.82, 2.24) is 28.7 Å². The van der Waals surface area contributed by atoms with Crippen LogP contribution in [0.1, 0.15) is 18.7 Å². The number of phosphoric ester groups is 2. The number of aromatic nitrogens is 6. The van der Waals surface area contributed by atoms with Crippen LogP contribution in [0.4, 0.5) is 17.5 Å². The molecule has 0 radical (unpaired) electrons. The summed E-state index contributed by atoms with van der Waals surface area (Å²) < 4.78 is 65.6. The fourth-order valence-corrected chi connectivity index (χ4v) is 8.03. The molecule has 6 heterocycles. The molecule has 0 spiro atoms. The standard InChI is InChI=1S/C27H37N9O19P2/c28-13-1-4-34(25(42)31-13)22-17(39)16(38)11(52-22)8-49-56(45,46)55-21-12(53-24(19(21)41)36-6-3-15(30)33-27(36)44)9-50-57(47,48)54-20-10(7-37)51-23(18(20)40)35-5-2-14(29)32-26(35)43/h1-6,10-12,16-24,37-41H,7-9H2,(H,45,46)(H,47,48)(H2,28,31,42)(H2,29,32,43)(H2,30,33,44)/t10-,11-,12-,16-,17-,18-,19-,20-,21-,22-,23-,24-/m1/s1. The van der Waals surface area contributed by atoms with Crippen molar-refractivity contribution in [3.63, 3.8) is 0 Å². The maximum Gasteiger partial charge on any atom is 0.472 e. The summed E-state index contributed by atoms with van der Waals surface area (Å²) in [5, 5.41) is 52.9. The van der Waals surface area contributed by atoms with Crippen molar-refractivity contribution in [2.75, 3.05) is 37.0 Å². The fraction of sp³-hybridized carbons (Fsp3) is 0.556. The summed E-state index contributed by atoms with van der Waals surface area (Å²) in [6.45, 7) is -2.96. The summed E-state index contributed by atoms with van der Waals surface area (Å²) in [7, 11) is -10.7. The molecule has 3 aromatic heterocycles. The number of phosphoric acid groups is 2. The number of rotatable bonds is 14. The average Bonchev–Trinajstić information content (AvgIpc) is 3.71. The molecule has 57 heavy (non-hydrogen) atoms. The molecule has 0 saturated carbocycles. The van der Waals surface area contributed by atoms with Gasteiger partial charge in [-0.15, -0.1) is 0 Å². The average molecular weight is 854 g/mol. The quantitative estimate of drug-likeness (QED) is 0.0677. The van der Waals surface area contributed by atoms with Gasteiger partial charge >= 0.3 is 32.7 Å². The number of nitrogens with zero attached hydrogens (tertiary/aromatic N) is 6. The van der Waals surface area contributed by atoms with Crippen molar-refractivity contribution >= 4 is 33.1 Å². The van der Waals surface area contributed by atoms with Gasteiger partial charge in [0.15, 0.2) is 18.7 Å². The van der Waals surface area contributed by atoms with Crippen LogP contribution in [-0.2, 0) is 41.4 Å². The van der Waals surface area contributed by atoms with Crippen molar-refractivity contribution < 1.29 is 76.8 Å². The van der Waals surface area contributed by atoms with E-state index in [1.165, 1.54) is 12.1 Å². The molecule has 3 fully saturated rings. The Kier molecular flexibility index (Phi) is 12.4. The first kappa shape index (κ1) is 42.5. The van der Waals surface area contributed by atoms with Crippen LogP contribution >= 0.6 is 15.6 Å². The molecular formula is C27H37N9O19P2. The van der Waals surface area contributed by atoms with Gasteiger partial charge in [0, 0.05) is 18.6 Å². The fourth-order valence-electron chi connectivity index (χ4n) is 6.10. The molecular weight excluding hydrogens is 816 g/mol. The van der Waals surface area contributed by atoms with Gasteiger partial charge in [-0.2, -0.15) is 15.0 Å². The minimum Gasteiger partial charge on any atom is -0.394 e. The van der Waals surface area contributed by atoms with Gasteiger partial charge in [0.1, 0.15) is 72.4 Å². The molecule has 13 N–H and O–H groups in total. The van der Waals surface area contributed by atoms with Crippen molar-refractivity contribution in [2.45, 2.75) is 73.6 Å². The predicted octanol–water partition coefficient (Wildman–Crippen LogP) is -5.36. The normalized spacial score (nSPS) is 33.6. The smallest absolute Gasteiger partial charge is 0.394 e. The SMILES string of the molecule is Nc1ccn([C@@H]2O[C@H](COP(=O)(O)O[C@H]3[C@@H](O)[C@H](n4ccc(N)nc4=O)O[C@@H]3COP(=O)(O)O[C@H]3[C@@H](O)[C@H](n4ccc(N)nc4=O)O[C@@H]3CO)[C@@H](O)[C@H]2O)c(=O)n1. The van der Waals surface area contributed by atoms with Gasteiger partial charge in [-0.05, 0) is 18.2 Å². The third-order valence-electron chi connectivity index (χ3n) is 8.83. The highest BCUT2D eigenvalue weighted by atomic mass is 31.2. The first-order valence-corrected chi connectivity index (χ1v) is 19.4. The van der Waals surface area contributed by atoms with Gasteiger partial charge in [-0.25, -0.2) is 23.5 Å². The van der Waals surface area contributed by atoms with E-state index in [0.717, 1.165) is 33.8 Å². The summed E-state index contributed by atoms with van der Waals surface area (Å²) in [4.78, 5) is 69.1. The van der Waals surface area contributed by atoms with Crippen LogP contribution in [0.5, 0.6) is 0 Å². The zero-order chi connectivity index (χ0) is 41.6. The van der Waals surface area contributed by atoms with E-state index in [1.807, 2.05) is 0 Å². The van der Waals surface area contributed by atoms with E-state index < -0.39 is 126 Å². The Morgan fingerprint density at radius 2 is 0.947 bits per heavy atom. The third kappa shape index (κ3) is 9.16. The van der Waals surface area contributed by atoms with E-state index >= 15 is 0 Å². The van der Waals surface area contributed by atoms with Gasteiger partial charge in [0.2, 0.25) is 0 Å². The molecule has 314 valence electrons. The molecule has 3 aliphatic rings. The molecule has 30 heteroatoms. The van der Waals surface area contributed by atoms with E-state index in [9.17, 15) is 58.8 Å². The van der Waals surface area contributed by atoms with Crippen molar-refractivity contribution in [3.05, 3.63) is 68.2 Å². The molecule has 3 saturated heterocycles. The van der Waals surface area contributed by atoms with Crippen LogP contribution in [0.2, 0.25) is 0 Å². The molecule has 3 aromatic rings. The highest BCUT2D eigenvalue weighted by Crippen LogP contribution is 2.52. The first-order valence-electron chi connectivity index (χ1n) is 16.4. The minimum atomic E-state index is -5.38. The Labute approximate surface area is 317 Å². The molecule has 0 bridgehead atoms. The predicted molar refractivity (Wildman–Crippen MR) is 183 cm³/mol. The second-order valence-electron chi connectivity index (χ2n) is 12.6. The van der Waals surface area contributed by atoms with Crippen molar-refractivity contribution in [2.24, 2.45) is 0 Å². The van der Waals surface area contributed by atoms with Gasteiger partial charge in [0.25, 0.3) is 0 Å². The summed E-state index contributed by atoms with van der Waals surface area (Å²) in [6, 6.07) is 3.55. The van der Waals surface area contributed by atoms with Crippen LogP contribution < -0.4 is 34.3 Å². The Hall–Kier alpha value is -4.06. The third-order valence-corrected chi connectivity index (χ3v) is 10.8. The molecule has 6 rings (SSSR count). The summed E-state index contributed by atoms with van der Waals surface area (Å²) in [5.41, 5.74) is 13.5. The number of aliphatic hydroxyl groups is 5. The Morgan fingerprint density at radius 3 is 1.35 bits per heavy atom. The summed E-state index contributed by atoms with van der Waals surface area (Å²) >= 11 is 0. The van der Waals surface area contributed by atoms with Crippen LogP contribution in [0.3, 0.4) is 0 Å². The Morgan fingerprint density at radius 1 is 0.596 bits per heavy atom. The first-order chi connectivity index (χ1) is 26.8. The second kappa shape index (κ2) is 16.7. The molecule has 28 nitrogen and oxygen atoms in total. The molecule has 0 aromatic carbocycles. The molecule has 0 amide bonds. The molecule has 3 aliphatic heterocycles. The highest BCUT2D eigenvalue weighted by molar-refractivity contribution is 7.47. The summed E-state index contributed by atoms with van der Waals surface area (Å²) in [5.74, 6) is -0.518. The van der Waals surface area contributed by atoms with Crippen LogP contribution in [0.25, 0.3) is 0 Å². The van der Waals surface area contributed by atoms with Gasteiger partial charge < -0.3 is 66.7 Å². The zero-order valence-electron chi connectivity index (χ0n) is 28.9. The largest absolute Gasteiger partial charge is 0.472 e. The topological polar surface area (TPSA) is 423 Å². The van der Waals surface area contributed by atoms with E-state index in [4.69, 9.17) is 49.5 Å². The molecule has 14 atom stereocenters. The van der Waals surface area contributed by atoms with Gasteiger partial charge in [-0.1, -0.05) is 0 Å². The number of aliphatic hydroxyl groups excluding tert-OH is 5. The van der Waals surface area contributed by atoms with Crippen LogP contribution in [0, 0.1) is 0 Å². The summed E-state index contributed by atoms with van der Waals surface area (Å²) in [6.07, 6.45) is -17.8. The maximum absolute atomic E-state index is 13.2. The second-order valence-corrected chi connectivity index (χ2v) is 15.4. The highest BCUT2D eigenvalue weighted by Gasteiger charge is 2.53. The van der Waals surface area contributed by atoms with Crippen LogP contribution in [-0.4, -0.2) is 139 Å². The lowest BCUT2D eigenvalue weighted by atomic mass is 10.1. The van der Waals surface area contributed by atoms with E-state index in [2.05, 4.69) is 15.0 Å². The van der Waals surface area contributed by atoms with E-state index in [-0.39, 0.29) is 17.5 Å². The number of anilines is 3. The Balaban J connectivity index is 1.16. The lowest BCUT2D eigenvalue weighted by molar-refractivity contribution is -0.0643. The van der Waals surface area contributed by atoms with Crippen LogP contribution in [0.15, 0.2) is 51.2 Å². The number of nitrogens with two attached hydrogens (primary N) is 3. The molecule has 2 unspecified atom stereocenters. The minimum absolute atomic E-state index is 0.142. The number of nitrogen functional groups attached to an aromatic ring is 3. The maximum atomic E-state index is 13.2. The zero-order valence-corrected chi connectivity index (χ0v) is 30.6. The lowest BCUT2D eigenvalue weighted by Gasteiger charge is -2.25. The number of hydrogen-bond donors (Lipinski definition) is 10. The molecule has 0 aliphatic carbocycles. The monoisotopic (exact) mass is 853 g/mol. The Bertz CT molecular complexity index is 2210. The lowest BCUT2D eigenvalue weighted by Crippen LogP contribution is -2.39.